The Labute approximate surface area is 163 Å². The summed E-state index contributed by atoms with van der Waals surface area (Å²) in [4.78, 5) is 23.9. The van der Waals surface area contributed by atoms with Gasteiger partial charge in [-0.2, -0.15) is 0 Å². The van der Waals surface area contributed by atoms with Crippen LogP contribution in [0.25, 0.3) is 0 Å². The molecule has 142 valence electrons. The highest BCUT2D eigenvalue weighted by Crippen LogP contribution is 2.27. The SMILES string of the molecule is Cc1cc(C)c(NC(=O)COC(=O)COc2ccc3c(c2)CCC3)c(Cl)c1. The minimum absolute atomic E-state index is 0.240. The van der Waals surface area contributed by atoms with Crippen molar-refractivity contribution in [2.45, 2.75) is 33.1 Å². The van der Waals surface area contributed by atoms with Gasteiger partial charge in [-0.3, -0.25) is 4.79 Å². The molecule has 0 heterocycles. The number of benzene rings is 2. The number of hydrogen-bond donors (Lipinski definition) is 1. The second-order valence-corrected chi connectivity index (χ2v) is 7.13. The summed E-state index contributed by atoms with van der Waals surface area (Å²) < 4.78 is 10.4. The van der Waals surface area contributed by atoms with E-state index in [1.165, 1.54) is 11.1 Å². The molecule has 0 spiro atoms. The molecule has 0 radical (unpaired) electrons. The summed E-state index contributed by atoms with van der Waals surface area (Å²) in [6.07, 6.45) is 3.29. The summed E-state index contributed by atoms with van der Waals surface area (Å²) in [5, 5.41) is 3.13. The standard InChI is InChI=1S/C21H22ClNO4/c1-13-8-14(2)21(18(22)9-13)23-19(24)11-27-20(25)12-26-17-7-6-15-4-3-5-16(15)10-17/h6-10H,3-5,11-12H2,1-2H3,(H,23,24). The van der Waals surface area contributed by atoms with Gasteiger partial charge in [0.25, 0.3) is 5.91 Å². The van der Waals surface area contributed by atoms with Gasteiger partial charge in [0.1, 0.15) is 5.75 Å². The molecule has 0 fully saturated rings. The van der Waals surface area contributed by atoms with Crippen LogP contribution in [-0.4, -0.2) is 25.1 Å². The first-order valence-corrected chi connectivity index (χ1v) is 9.27. The summed E-state index contributed by atoms with van der Waals surface area (Å²) >= 11 is 6.16. The largest absolute Gasteiger partial charge is 0.482 e. The lowest BCUT2D eigenvalue weighted by Gasteiger charge is -2.12. The minimum atomic E-state index is -0.600. The molecule has 0 saturated carbocycles. The van der Waals surface area contributed by atoms with E-state index in [0.717, 1.165) is 30.4 Å². The zero-order valence-corrected chi connectivity index (χ0v) is 16.2. The molecule has 0 aliphatic heterocycles. The third-order valence-corrected chi connectivity index (χ3v) is 4.79. The van der Waals surface area contributed by atoms with Crippen LogP contribution in [0.3, 0.4) is 0 Å². The predicted octanol–water partition coefficient (Wildman–Crippen LogP) is 4.01. The van der Waals surface area contributed by atoms with Crippen molar-refractivity contribution in [3.05, 3.63) is 57.6 Å². The summed E-state index contributed by atoms with van der Waals surface area (Å²) in [5.41, 5.74) is 4.99. The summed E-state index contributed by atoms with van der Waals surface area (Å²) in [6.45, 7) is 3.14. The summed E-state index contributed by atoms with van der Waals surface area (Å²) in [5.74, 6) is -0.411. The monoisotopic (exact) mass is 387 g/mol. The number of ether oxygens (including phenoxy) is 2. The second kappa shape index (κ2) is 8.44. The number of fused-ring (bicyclic) bond motifs is 1. The lowest BCUT2D eigenvalue weighted by atomic mass is 10.1. The van der Waals surface area contributed by atoms with Gasteiger partial charge in [0, 0.05) is 0 Å². The number of carbonyl (C=O) groups excluding carboxylic acids is 2. The van der Waals surface area contributed by atoms with Crippen molar-refractivity contribution in [3.63, 3.8) is 0 Å². The fraction of sp³-hybridized carbons (Fsp3) is 0.333. The molecule has 1 N–H and O–H groups in total. The first-order chi connectivity index (χ1) is 12.9. The molecular weight excluding hydrogens is 366 g/mol. The zero-order valence-electron chi connectivity index (χ0n) is 15.4. The number of carbonyl (C=O) groups is 2. The van der Waals surface area contributed by atoms with Gasteiger partial charge in [0.15, 0.2) is 13.2 Å². The first kappa shape index (κ1) is 19.2. The van der Waals surface area contributed by atoms with Crippen molar-refractivity contribution >= 4 is 29.2 Å². The van der Waals surface area contributed by atoms with Crippen molar-refractivity contribution < 1.29 is 19.1 Å². The van der Waals surface area contributed by atoms with Gasteiger partial charge >= 0.3 is 5.97 Å². The topological polar surface area (TPSA) is 64.6 Å². The van der Waals surface area contributed by atoms with E-state index in [4.69, 9.17) is 21.1 Å². The van der Waals surface area contributed by atoms with E-state index in [2.05, 4.69) is 5.32 Å². The number of aryl methyl sites for hydroxylation is 4. The van der Waals surface area contributed by atoms with Gasteiger partial charge in [-0.1, -0.05) is 23.7 Å². The van der Waals surface area contributed by atoms with Crippen LogP contribution in [0.4, 0.5) is 5.69 Å². The Balaban J connectivity index is 1.46. The van der Waals surface area contributed by atoms with E-state index in [9.17, 15) is 9.59 Å². The van der Waals surface area contributed by atoms with Crippen LogP contribution < -0.4 is 10.1 Å². The Bertz CT molecular complexity index is 855. The summed E-state index contributed by atoms with van der Waals surface area (Å²) in [6, 6.07) is 9.53. The molecule has 0 bridgehead atoms. The van der Waals surface area contributed by atoms with Crippen LogP contribution in [0, 0.1) is 13.8 Å². The Hall–Kier alpha value is -2.53. The highest BCUT2D eigenvalue weighted by molar-refractivity contribution is 6.34. The molecule has 0 unspecified atom stereocenters. The number of esters is 1. The van der Waals surface area contributed by atoms with Crippen molar-refractivity contribution in [1.82, 2.24) is 0 Å². The Morgan fingerprint density at radius 1 is 1.07 bits per heavy atom. The molecule has 1 amide bonds. The number of anilines is 1. The third kappa shape index (κ3) is 5.01. The average molecular weight is 388 g/mol. The molecule has 0 atom stereocenters. The Morgan fingerprint density at radius 3 is 2.63 bits per heavy atom. The maximum atomic E-state index is 12.0. The lowest BCUT2D eigenvalue weighted by molar-refractivity contribution is -0.149. The highest BCUT2D eigenvalue weighted by Gasteiger charge is 2.14. The smallest absolute Gasteiger partial charge is 0.344 e. The second-order valence-electron chi connectivity index (χ2n) is 6.72. The van der Waals surface area contributed by atoms with Crippen LogP contribution in [0.5, 0.6) is 5.75 Å². The van der Waals surface area contributed by atoms with Gasteiger partial charge in [-0.05, 0) is 73.6 Å². The Morgan fingerprint density at radius 2 is 1.85 bits per heavy atom. The van der Waals surface area contributed by atoms with E-state index in [-0.39, 0.29) is 6.61 Å². The molecule has 1 aliphatic carbocycles. The van der Waals surface area contributed by atoms with Crippen molar-refractivity contribution in [1.29, 1.82) is 0 Å². The number of hydrogen-bond acceptors (Lipinski definition) is 4. The normalized spacial score (nSPS) is 12.4. The number of rotatable bonds is 6. The van der Waals surface area contributed by atoms with Crippen LogP contribution in [0.1, 0.15) is 28.7 Å². The molecule has 2 aromatic rings. The maximum absolute atomic E-state index is 12.0. The van der Waals surface area contributed by atoms with E-state index >= 15 is 0 Å². The molecule has 5 nitrogen and oxygen atoms in total. The van der Waals surface area contributed by atoms with Gasteiger partial charge in [0.05, 0.1) is 10.7 Å². The van der Waals surface area contributed by atoms with Gasteiger partial charge in [-0.25, -0.2) is 4.79 Å². The van der Waals surface area contributed by atoms with Gasteiger partial charge in [-0.15, -0.1) is 0 Å². The average Bonchev–Trinajstić information content (AvgIpc) is 3.09. The third-order valence-electron chi connectivity index (χ3n) is 4.49. The quantitative estimate of drug-likeness (QED) is 0.761. The van der Waals surface area contributed by atoms with Crippen LogP contribution in [0.2, 0.25) is 5.02 Å². The molecule has 1 aliphatic rings. The highest BCUT2D eigenvalue weighted by atomic mass is 35.5. The zero-order chi connectivity index (χ0) is 19.4. The molecule has 3 rings (SSSR count). The van der Waals surface area contributed by atoms with Gasteiger partial charge < -0.3 is 14.8 Å². The Kier molecular flexibility index (Phi) is 6.01. The fourth-order valence-electron chi connectivity index (χ4n) is 3.22. The van der Waals surface area contributed by atoms with Crippen molar-refractivity contribution in [3.8, 4) is 5.75 Å². The number of amides is 1. The van der Waals surface area contributed by atoms with Crippen molar-refractivity contribution in [2.24, 2.45) is 0 Å². The van der Waals surface area contributed by atoms with E-state index in [1.807, 2.05) is 38.1 Å². The minimum Gasteiger partial charge on any atom is -0.482 e. The van der Waals surface area contributed by atoms with Crippen molar-refractivity contribution in [2.75, 3.05) is 18.5 Å². The lowest BCUT2D eigenvalue weighted by Crippen LogP contribution is -2.24. The first-order valence-electron chi connectivity index (χ1n) is 8.89. The molecule has 0 aromatic heterocycles. The fourth-order valence-corrected chi connectivity index (χ4v) is 3.59. The van der Waals surface area contributed by atoms with E-state index in [0.29, 0.717) is 16.5 Å². The van der Waals surface area contributed by atoms with Crippen LogP contribution in [0.15, 0.2) is 30.3 Å². The molecule has 27 heavy (non-hydrogen) atoms. The molecular formula is C21H22ClNO4. The van der Waals surface area contributed by atoms with Gasteiger partial charge in [0.2, 0.25) is 0 Å². The van der Waals surface area contributed by atoms with E-state index < -0.39 is 18.5 Å². The molecule has 6 heteroatoms. The molecule has 2 aromatic carbocycles. The number of halogens is 1. The number of nitrogens with one attached hydrogen (secondary N) is 1. The predicted molar refractivity (Wildman–Crippen MR) is 104 cm³/mol. The van der Waals surface area contributed by atoms with Crippen LogP contribution in [-0.2, 0) is 27.2 Å². The summed E-state index contributed by atoms with van der Waals surface area (Å²) in [7, 11) is 0. The molecule has 0 saturated heterocycles. The van der Waals surface area contributed by atoms with Crippen LogP contribution >= 0.6 is 11.6 Å². The maximum Gasteiger partial charge on any atom is 0.344 e. The van der Waals surface area contributed by atoms with E-state index in [1.54, 1.807) is 6.07 Å².